The van der Waals surface area contributed by atoms with Gasteiger partial charge in [-0.2, -0.15) is 5.26 Å². The van der Waals surface area contributed by atoms with E-state index in [4.69, 9.17) is 5.26 Å². The molecule has 3 heteroatoms. The highest BCUT2D eigenvalue weighted by Crippen LogP contribution is 2.29. The second-order valence-electron chi connectivity index (χ2n) is 4.10. The molecule has 0 heterocycles. The summed E-state index contributed by atoms with van der Waals surface area (Å²) in [5.74, 6) is 1.04. The van der Waals surface area contributed by atoms with Gasteiger partial charge in [-0.3, -0.25) is 0 Å². The molecular weight excluding hydrogens is 230 g/mol. The Balaban J connectivity index is 2.75. The van der Waals surface area contributed by atoms with Crippen molar-refractivity contribution in [3.63, 3.8) is 0 Å². The molecule has 1 aromatic rings. The van der Waals surface area contributed by atoms with Gasteiger partial charge in [-0.05, 0) is 36.8 Å². The first-order valence-corrected chi connectivity index (χ1v) is 7.02. The topological polar surface area (TPSA) is 44.0 Å². The van der Waals surface area contributed by atoms with Gasteiger partial charge in [-0.15, -0.1) is 11.8 Å². The number of rotatable bonds is 6. The van der Waals surface area contributed by atoms with Crippen molar-refractivity contribution in [1.82, 2.24) is 0 Å². The number of nitrogens with zero attached hydrogens (tertiary/aromatic N) is 1. The normalized spacial score (nSPS) is 12.1. The van der Waals surface area contributed by atoms with Crippen molar-refractivity contribution in [2.24, 2.45) is 0 Å². The highest BCUT2D eigenvalue weighted by atomic mass is 32.2. The van der Waals surface area contributed by atoms with Crippen molar-refractivity contribution < 1.29 is 5.11 Å². The number of nitriles is 1. The van der Waals surface area contributed by atoms with Crippen molar-refractivity contribution in [2.75, 3.05) is 5.75 Å². The minimum atomic E-state index is -0.476. The summed E-state index contributed by atoms with van der Waals surface area (Å²) in [7, 11) is 0. The lowest BCUT2D eigenvalue weighted by atomic mass is 10.1. The Morgan fingerprint density at radius 2 is 2.18 bits per heavy atom. The summed E-state index contributed by atoms with van der Waals surface area (Å²) < 4.78 is 0. The first-order valence-electron chi connectivity index (χ1n) is 6.04. The predicted molar refractivity (Wildman–Crippen MR) is 72.0 cm³/mol. The van der Waals surface area contributed by atoms with Gasteiger partial charge < -0.3 is 5.11 Å². The number of thioether (sulfide) groups is 1. The molecule has 0 amide bonds. The largest absolute Gasteiger partial charge is 0.389 e. The quantitative estimate of drug-likeness (QED) is 0.614. The Morgan fingerprint density at radius 1 is 1.41 bits per heavy atom. The molecule has 0 saturated heterocycles. The summed E-state index contributed by atoms with van der Waals surface area (Å²) in [6.45, 7) is 3.94. The van der Waals surface area contributed by atoms with Crippen LogP contribution in [0.3, 0.4) is 0 Å². The van der Waals surface area contributed by atoms with E-state index in [1.54, 1.807) is 24.8 Å². The summed E-state index contributed by atoms with van der Waals surface area (Å²) in [5, 5.41) is 18.6. The van der Waals surface area contributed by atoms with Gasteiger partial charge in [0.25, 0.3) is 0 Å². The summed E-state index contributed by atoms with van der Waals surface area (Å²) in [5.41, 5.74) is 1.58. The third-order valence-corrected chi connectivity index (χ3v) is 3.76. The van der Waals surface area contributed by atoms with Crippen molar-refractivity contribution in [2.45, 2.75) is 44.1 Å². The van der Waals surface area contributed by atoms with Crippen LogP contribution in [0.25, 0.3) is 0 Å². The van der Waals surface area contributed by atoms with Crippen molar-refractivity contribution in [3.8, 4) is 6.07 Å². The number of aliphatic hydroxyl groups excluding tert-OH is 1. The molecule has 2 nitrogen and oxygen atoms in total. The van der Waals surface area contributed by atoms with Crippen molar-refractivity contribution in [3.05, 3.63) is 29.3 Å². The highest BCUT2D eigenvalue weighted by molar-refractivity contribution is 7.99. The molecule has 1 aromatic carbocycles. The molecule has 0 aliphatic heterocycles. The van der Waals surface area contributed by atoms with Gasteiger partial charge in [0, 0.05) is 4.90 Å². The number of benzene rings is 1. The first kappa shape index (κ1) is 14.1. The number of aliphatic hydroxyl groups is 1. The standard InChI is InChI=1S/C14H19NOS/c1-3-4-5-8-17-14-9-12(10-15)6-7-13(14)11(2)16/h6-7,9,11,16H,3-5,8H2,1-2H3. The summed E-state index contributed by atoms with van der Waals surface area (Å²) in [6, 6.07) is 7.63. The van der Waals surface area contributed by atoms with Crippen LogP contribution >= 0.6 is 11.8 Å². The van der Waals surface area contributed by atoms with Gasteiger partial charge in [0.1, 0.15) is 0 Å². The molecule has 1 unspecified atom stereocenters. The Labute approximate surface area is 108 Å². The lowest BCUT2D eigenvalue weighted by Crippen LogP contribution is -1.95. The molecule has 0 radical (unpaired) electrons. The Hall–Kier alpha value is -0.980. The van der Waals surface area contributed by atoms with Crippen molar-refractivity contribution >= 4 is 11.8 Å². The minimum Gasteiger partial charge on any atom is -0.389 e. The van der Waals surface area contributed by atoms with Crippen LogP contribution in [0.4, 0.5) is 0 Å². The van der Waals surface area contributed by atoms with Gasteiger partial charge in [0.15, 0.2) is 0 Å². The fourth-order valence-corrected chi connectivity index (χ4v) is 2.79. The zero-order chi connectivity index (χ0) is 12.7. The van der Waals surface area contributed by atoms with E-state index in [1.165, 1.54) is 19.3 Å². The second-order valence-corrected chi connectivity index (χ2v) is 5.23. The average molecular weight is 249 g/mol. The van der Waals surface area contributed by atoms with Gasteiger partial charge in [-0.25, -0.2) is 0 Å². The highest BCUT2D eigenvalue weighted by Gasteiger charge is 2.09. The number of hydrogen-bond donors (Lipinski definition) is 1. The maximum Gasteiger partial charge on any atom is 0.0992 e. The molecule has 0 bridgehead atoms. The van der Waals surface area contributed by atoms with Crippen LogP contribution in [-0.4, -0.2) is 10.9 Å². The number of unbranched alkanes of at least 4 members (excludes halogenated alkanes) is 2. The Morgan fingerprint density at radius 3 is 2.76 bits per heavy atom. The summed E-state index contributed by atoms with van der Waals surface area (Å²) in [6.07, 6.45) is 3.14. The molecule has 0 aliphatic rings. The molecule has 0 aliphatic carbocycles. The molecule has 1 N–H and O–H groups in total. The first-order chi connectivity index (χ1) is 8.19. The molecule has 1 rings (SSSR count). The van der Waals surface area contributed by atoms with Crippen LogP contribution in [-0.2, 0) is 0 Å². The smallest absolute Gasteiger partial charge is 0.0992 e. The van der Waals surface area contributed by atoms with Gasteiger partial charge in [0.2, 0.25) is 0 Å². The molecule has 0 spiro atoms. The third kappa shape index (κ3) is 4.41. The molecule has 0 aromatic heterocycles. The molecule has 0 saturated carbocycles. The minimum absolute atomic E-state index is 0.476. The molecule has 1 atom stereocenters. The van der Waals surface area contributed by atoms with Crippen LogP contribution in [0.2, 0.25) is 0 Å². The second kappa shape index (κ2) is 7.37. The van der Waals surface area contributed by atoms with Crippen LogP contribution in [0.15, 0.2) is 23.1 Å². The van der Waals surface area contributed by atoms with E-state index in [9.17, 15) is 5.11 Å². The van der Waals surface area contributed by atoms with E-state index in [0.29, 0.717) is 5.56 Å². The zero-order valence-electron chi connectivity index (χ0n) is 10.4. The summed E-state index contributed by atoms with van der Waals surface area (Å²) >= 11 is 1.73. The van der Waals surface area contributed by atoms with Gasteiger partial charge in [0.05, 0.1) is 17.7 Å². The van der Waals surface area contributed by atoms with E-state index in [2.05, 4.69) is 13.0 Å². The van der Waals surface area contributed by atoms with E-state index in [1.807, 2.05) is 12.1 Å². The zero-order valence-corrected chi connectivity index (χ0v) is 11.3. The lowest BCUT2D eigenvalue weighted by molar-refractivity contribution is 0.196. The van der Waals surface area contributed by atoms with E-state index < -0.39 is 6.10 Å². The maximum absolute atomic E-state index is 9.67. The number of hydrogen-bond acceptors (Lipinski definition) is 3. The third-order valence-electron chi connectivity index (χ3n) is 2.60. The Kier molecular flexibility index (Phi) is 6.10. The lowest BCUT2D eigenvalue weighted by Gasteiger charge is -2.11. The Bertz CT molecular complexity index is 396. The van der Waals surface area contributed by atoms with Crippen molar-refractivity contribution in [1.29, 1.82) is 5.26 Å². The SMILES string of the molecule is CCCCCSc1cc(C#N)ccc1C(C)O. The van der Waals surface area contributed by atoms with E-state index in [-0.39, 0.29) is 0 Å². The van der Waals surface area contributed by atoms with Gasteiger partial charge >= 0.3 is 0 Å². The van der Waals surface area contributed by atoms with E-state index >= 15 is 0 Å². The average Bonchev–Trinajstić information content (AvgIpc) is 2.34. The van der Waals surface area contributed by atoms with Crippen LogP contribution in [0, 0.1) is 11.3 Å². The molecule has 17 heavy (non-hydrogen) atoms. The fourth-order valence-electron chi connectivity index (χ4n) is 1.61. The summed E-state index contributed by atoms with van der Waals surface area (Å²) in [4.78, 5) is 1.04. The molecule has 92 valence electrons. The molecular formula is C14H19NOS. The van der Waals surface area contributed by atoms with Gasteiger partial charge in [-0.1, -0.05) is 25.8 Å². The predicted octanol–water partition coefficient (Wildman–Crippen LogP) is 3.89. The fraction of sp³-hybridized carbons (Fsp3) is 0.500. The van der Waals surface area contributed by atoms with E-state index in [0.717, 1.165) is 16.2 Å². The van der Waals surface area contributed by atoms with Crippen LogP contribution < -0.4 is 0 Å². The monoisotopic (exact) mass is 249 g/mol. The molecule has 0 fully saturated rings. The van der Waals surface area contributed by atoms with Crippen LogP contribution in [0.1, 0.15) is 50.3 Å². The van der Waals surface area contributed by atoms with Crippen LogP contribution in [0.5, 0.6) is 0 Å². The maximum atomic E-state index is 9.67.